The second-order valence-electron chi connectivity index (χ2n) is 10.9. The van der Waals surface area contributed by atoms with Crippen LogP contribution in [-0.2, 0) is 19.1 Å². The van der Waals surface area contributed by atoms with Gasteiger partial charge in [-0.1, -0.05) is 88.9 Å². The molecule has 3 amide bonds. The van der Waals surface area contributed by atoms with Crippen LogP contribution < -0.4 is 16.0 Å². The number of rotatable bonds is 3. The summed E-state index contributed by atoms with van der Waals surface area (Å²) in [6, 6.07) is 7.78. The second kappa shape index (κ2) is 26.4. The van der Waals surface area contributed by atoms with Gasteiger partial charge in [-0.25, -0.2) is 0 Å². The summed E-state index contributed by atoms with van der Waals surface area (Å²) in [6.45, 7) is 15.3. The molecule has 0 saturated heterocycles. The van der Waals surface area contributed by atoms with Gasteiger partial charge in [0.05, 0.1) is 18.8 Å². The molecule has 256 valence electrons. The summed E-state index contributed by atoms with van der Waals surface area (Å²) < 4.78 is 6.36. The van der Waals surface area contributed by atoms with Gasteiger partial charge in [0.25, 0.3) is 0 Å². The molecule has 2 atom stereocenters. The summed E-state index contributed by atoms with van der Waals surface area (Å²) in [5.74, 6) is 0.393. The molecule has 0 aromatic heterocycles. The second-order valence-corrected chi connectivity index (χ2v) is 11.3. The van der Waals surface area contributed by atoms with Crippen molar-refractivity contribution >= 4 is 29.3 Å². The number of hydrogen-bond donors (Lipinski definition) is 3. The number of nitrogens with zero attached hydrogens (tertiary/aromatic N) is 1. The van der Waals surface area contributed by atoms with E-state index in [2.05, 4.69) is 41.9 Å². The zero-order valence-corrected chi connectivity index (χ0v) is 30.0. The summed E-state index contributed by atoms with van der Waals surface area (Å²) in [5.41, 5.74) is 2.56. The van der Waals surface area contributed by atoms with Crippen molar-refractivity contribution in [3.8, 4) is 0 Å². The molecule has 45 heavy (non-hydrogen) atoms. The average Bonchev–Trinajstić information content (AvgIpc) is 3.27. The van der Waals surface area contributed by atoms with Crippen LogP contribution in [0.3, 0.4) is 0 Å². The topological polar surface area (TPSA) is 99.8 Å². The van der Waals surface area contributed by atoms with Crippen LogP contribution in [0, 0.1) is 6.92 Å². The van der Waals surface area contributed by atoms with Gasteiger partial charge in [-0.2, -0.15) is 0 Å². The first-order valence-corrected chi connectivity index (χ1v) is 17.3. The Labute approximate surface area is 278 Å². The van der Waals surface area contributed by atoms with E-state index in [1.54, 1.807) is 7.05 Å². The van der Waals surface area contributed by atoms with Crippen molar-refractivity contribution in [2.45, 2.75) is 118 Å². The molecule has 1 unspecified atom stereocenters. The minimum absolute atomic E-state index is 0.0222. The van der Waals surface area contributed by atoms with Crippen LogP contribution in [0.2, 0.25) is 5.02 Å². The van der Waals surface area contributed by atoms with E-state index in [4.69, 9.17) is 16.3 Å². The number of amides is 3. The zero-order chi connectivity index (χ0) is 34.0. The summed E-state index contributed by atoms with van der Waals surface area (Å²) in [7, 11) is 1.63. The Balaban J connectivity index is 0.00000136. The highest BCUT2D eigenvalue weighted by Gasteiger charge is 2.20. The van der Waals surface area contributed by atoms with Crippen molar-refractivity contribution < 1.29 is 19.1 Å². The third kappa shape index (κ3) is 20.0. The van der Waals surface area contributed by atoms with Crippen molar-refractivity contribution in [2.24, 2.45) is 0 Å². The normalized spacial score (nSPS) is 20.3. The number of aryl methyl sites for hydroxylation is 1. The largest absolute Gasteiger partial charge is 0.493 e. The van der Waals surface area contributed by atoms with Crippen molar-refractivity contribution in [1.29, 1.82) is 0 Å². The third-order valence-electron chi connectivity index (χ3n) is 7.08. The van der Waals surface area contributed by atoms with E-state index < -0.39 is 0 Å². The molecule has 1 heterocycles. The highest BCUT2D eigenvalue weighted by molar-refractivity contribution is 6.30. The minimum Gasteiger partial charge on any atom is -0.493 e. The van der Waals surface area contributed by atoms with Crippen LogP contribution in [0.15, 0.2) is 47.7 Å². The van der Waals surface area contributed by atoms with Crippen molar-refractivity contribution in [1.82, 2.24) is 20.9 Å². The number of benzene rings is 1. The Hall–Kier alpha value is -2.84. The lowest BCUT2D eigenvalue weighted by atomic mass is 10.0. The molecule has 3 N–H and O–H groups in total. The fourth-order valence-electron chi connectivity index (χ4n) is 4.62. The lowest BCUT2D eigenvalue weighted by Crippen LogP contribution is -2.44. The number of halogens is 1. The van der Waals surface area contributed by atoms with Gasteiger partial charge in [0.2, 0.25) is 17.7 Å². The lowest BCUT2D eigenvalue weighted by Gasteiger charge is -2.25. The monoisotopic (exact) mass is 648 g/mol. The number of unbranched alkanes of at least 4 members (excludes halogenated alkanes) is 1. The van der Waals surface area contributed by atoms with Gasteiger partial charge < -0.3 is 25.6 Å². The molecule has 1 aromatic rings. The quantitative estimate of drug-likeness (QED) is 0.303. The summed E-state index contributed by atoms with van der Waals surface area (Å²) in [6.07, 6.45) is 12.1. The Morgan fingerprint density at radius 1 is 0.978 bits per heavy atom. The molecule has 2 aliphatic rings. The maximum absolute atomic E-state index is 12.7. The zero-order valence-electron chi connectivity index (χ0n) is 29.3. The van der Waals surface area contributed by atoms with E-state index in [1.165, 1.54) is 16.0 Å². The first kappa shape index (κ1) is 42.2. The van der Waals surface area contributed by atoms with Crippen LogP contribution in [0.4, 0.5) is 0 Å². The molecule has 9 heteroatoms. The summed E-state index contributed by atoms with van der Waals surface area (Å²) in [5, 5.41) is 9.79. The maximum atomic E-state index is 12.7. The number of likely N-dealkylation sites (N-methyl/N-ethyl adjacent to an activating group) is 1. The van der Waals surface area contributed by atoms with Gasteiger partial charge in [-0.3, -0.25) is 14.4 Å². The van der Waals surface area contributed by atoms with E-state index in [-0.39, 0.29) is 43.0 Å². The Bertz CT molecular complexity index is 1010. The van der Waals surface area contributed by atoms with Gasteiger partial charge in [-0.05, 0) is 63.7 Å². The number of hydrogen-bond acceptors (Lipinski definition) is 5. The van der Waals surface area contributed by atoms with E-state index in [0.29, 0.717) is 19.5 Å². The Morgan fingerprint density at radius 3 is 2.31 bits per heavy atom. The van der Waals surface area contributed by atoms with Crippen LogP contribution in [0.1, 0.15) is 105 Å². The highest BCUT2D eigenvalue weighted by atomic mass is 35.5. The Kier molecular flexibility index (Phi) is 24.7. The van der Waals surface area contributed by atoms with E-state index >= 15 is 0 Å². The first-order valence-electron chi connectivity index (χ1n) is 16.9. The summed E-state index contributed by atoms with van der Waals surface area (Å²) >= 11 is 5.61. The van der Waals surface area contributed by atoms with Crippen LogP contribution in [-0.4, -0.2) is 68.0 Å². The molecule has 0 fully saturated rings. The van der Waals surface area contributed by atoms with Crippen LogP contribution >= 0.6 is 11.6 Å². The molecule has 1 aromatic carbocycles. The van der Waals surface area contributed by atoms with Crippen LogP contribution in [0.5, 0.6) is 0 Å². The first-order chi connectivity index (χ1) is 21.7. The average molecular weight is 649 g/mol. The number of carbonyl (C=O) groups excluding carboxylic acids is 3. The summed E-state index contributed by atoms with van der Waals surface area (Å²) in [4.78, 5) is 38.4. The molecule has 0 radical (unpaired) electrons. The number of carbonyl (C=O) groups is 3. The van der Waals surface area contributed by atoms with Crippen molar-refractivity contribution in [3.63, 3.8) is 0 Å². The molecule has 8 nitrogen and oxygen atoms in total. The number of nitrogens with one attached hydrogen (secondary N) is 3. The minimum atomic E-state index is -0.334. The molecule has 0 saturated carbocycles. The van der Waals surface area contributed by atoms with E-state index in [9.17, 15) is 14.4 Å². The number of ether oxygens (including phenoxy) is 1. The standard InChI is InChI=1S/C25H42N4O4.C7H7Cl.2C2H6/c1-4-5-12-21-15-25(32)29(3)18-24(31)28-17-23(30)26-14-9-11-20-10-7-6-8-13-22(20)33-19(2)16-27-21;1-6-2-4-7(8)5-3-6;2*1-2/h6,8,19,21,27H,4-5,7,9-18H2,1-3H3,(H,26,30)(H,28,31);2-5H,1H3;2*1-2H3/t19-,21?;;;/m1.../s1. The lowest BCUT2D eigenvalue weighted by molar-refractivity contribution is -0.135. The van der Waals surface area contributed by atoms with Crippen molar-refractivity contribution in [2.75, 3.05) is 33.2 Å². The molecular formula is C36H61ClN4O4. The van der Waals surface area contributed by atoms with Gasteiger partial charge >= 0.3 is 0 Å². The number of allylic oxidation sites excluding steroid dienone is 3. The van der Waals surface area contributed by atoms with Crippen LogP contribution in [0.25, 0.3) is 0 Å². The maximum Gasteiger partial charge on any atom is 0.240 e. The molecule has 0 bridgehead atoms. The Morgan fingerprint density at radius 2 is 1.67 bits per heavy atom. The van der Waals surface area contributed by atoms with Crippen molar-refractivity contribution in [3.05, 3.63) is 58.3 Å². The smallest absolute Gasteiger partial charge is 0.240 e. The van der Waals surface area contributed by atoms with Gasteiger partial charge in [0.1, 0.15) is 6.10 Å². The predicted octanol–water partition coefficient (Wildman–Crippen LogP) is 7.11. The van der Waals surface area contributed by atoms with E-state index in [1.807, 2.05) is 58.9 Å². The van der Waals surface area contributed by atoms with Gasteiger partial charge in [-0.15, -0.1) is 0 Å². The SMILES string of the molecule is CC.CC.CCCCC1CC(=O)N(C)CC(=O)NCC(=O)NCCCC2=C(CC=CCC2)O[C@H](C)CN1.Cc1ccc(Cl)cc1. The molecule has 1 aliphatic heterocycles. The molecule has 0 spiro atoms. The third-order valence-corrected chi connectivity index (χ3v) is 7.33. The van der Waals surface area contributed by atoms with E-state index in [0.717, 1.165) is 62.1 Å². The fraction of sp³-hybridized carbons (Fsp3) is 0.639. The van der Waals surface area contributed by atoms with Gasteiger partial charge in [0, 0.05) is 44.0 Å². The van der Waals surface area contributed by atoms with Gasteiger partial charge in [0.15, 0.2) is 0 Å². The molecule has 1 aliphatic carbocycles. The molecule has 3 rings (SSSR count). The molecular weight excluding hydrogens is 588 g/mol. The predicted molar refractivity (Wildman–Crippen MR) is 188 cm³/mol. The highest BCUT2D eigenvalue weighted by Crippen LogP contribution is 2.25. The fourth-order valence-corrected chi connectivity index (χ4v) is 4.75.